The predicted molar refractivity (Wildman–Crippen MR) is 62.3 cm³/mol. The van der Waals surface area contributed by atoms with Crippen molar-refractivity contribution in [2.45, 2.75) is 47.1 Å². The molecule has 0 spiro atoms. The minimum atomic E-state index is 0.325. The zero-order valence-electron chi connectivity index (χ0n) is 10.4. The van der Waals surface area contributed by atoms with Crippen molar-refractivity contribution < 1.29 is 4.74 Å². The highest BCUT2D eigenvalue weighted by Gasteiger charge is 2.20. The van der Waals surface area contributed by atoms with E-state index in [4.69, 9.17) is 10.5 Å². The summed E-state index contributed by atoms with van der Waals surface area (Å²) >= 11 is 0. The van der Waals surface area contributed by atoms with Gasteiger partial charge in [0.2, 0.25) is 0 Å². The van der Waals surface area contributed by atoms with Gasteiger partial charge in [-0.05, 0) is 31.2 Å². The van der Waals surface area contributed by atoms with Crippen molar-refractivity contribution >= 4 is 0 Å². The Morgan fingerprint density at radius 1 is 1.14 bits per heavy atom. The van der Waals surface area contributed by atoms with E-state index in [0.717, 1.165) is 19.6 Å². The van der Waals surface area contributed by atoms with Crippen LogP contribution in [-0.4, -0.2) is 19.3 Å². The maximum Gasteiger partial charge on any atom is 0.0575 e. The molecule has 2 nitrogen and oxygen atoms in total. The molecule has 2 N–H and O–H groups in total. The molecule has 86 valence electrons. The highest BCUT2D eigenvalue weighted by Crippen LogP contribution is 2.20. The summed E-state index contributed by atoms with van der Waals surface area (Å²) in [5.41, 5.74) is 5.72. The van der Waals surface area contributed by atoms with Gasteiger partial charge in [0.05, 0.1) is 6.10 Å². The van der Waals surface area contributed by atoms with Crippen molar-refractivity contribution in [2.24, 2.45) is 23.5 Å². The first-order valence-electron chi connectivity index (χ1n) is 5.84. The summed E-state index contributed by atoms with van der Waals surface area (Å²) in [5, 5.41) is 0. The second-order valence-electron chi connectivity index (χ2n) is 4.70. The lowest BCUT2D eigenvalue weighted by Crippen LogP contribution is -2.31. The molecule has 0 saturated heterocycles. The van der Waals surface area contributed by atoms with Gasteiger partial charge in [0.25, 0.3) is 0 Å². The van der Waals surface area contributed by atoms with Crippen molar-refractivity contribution in [3.05, 3.63) is 0 Å². The standard InChI is InChI=1S/C12H27NO/c1-6-12(7-13)10(4)11(5)14-8-9(2)3/h9-12H,6-8,13H2,1-5H3. The van der Waals surface area contributed by atoms with E-state index in [0.29, 0.717) is 23.9 Å². The number of rotatable bonds is 7. The molecule has 14 heavy (non-hydrogen) atoms. The second-order valence-corrected chi connectivity index (χ2v) is 4.70. The summed E-state index contributed by atoms with van der Waals surface area (Å²) in [6, 6.07) is 0. The molecular formula is C12H27NO. The molecule has 0 fully saturated rings. The van der Waals surface area contributed by atoms with Crippen LogP contribution >= 0.6 is 0 Å². The van der Waals surface area contributed by atoms with E-state index < -0.39 is 0 Å². The molecule has 0 aromatic heterocycles. The number of nitrogens with two attached hydrogens (primary N) is 1. The zero-order chi connectivity index (χ0) is 11.1. The van der Waals surface area contributed by atoms with Crippen molar-refractivity contribution in [1.29, 1.82) is 0 Å². The zero-order valence-corrected chi connectivity index (χ0v) is 10.4. The van der Waals surface area contributed by atoms with Gasteiger partial charge < -0.3 is 10.5 Å². The smallest absolute Gasteiger partial charge is 0.0575 e. The molecule has 0 amide bonds. The molecule has 2 heteroatoms. The predicted octanol–water partition coefficient (Wildman–Crippen LogP) is 2.67. The number of hydrogen-bond acceptors (Lipinski definition) is 2. The maximum absolute atomic E-state index is 5.79. The normalized spacial score (nSPS) is 18.2. The minimum Gasteiger partial charge on any atom is -0.378 e. The Kier molecular flexibility index (Phi) is 7.20. The third-order valence-electron chi connectivity index (χ3n) is 3.00. The summed E-state index contributed by atoms with van der Waals surface area (Å²) in [5.74, 6) is 1.77. The van der Waals surface area contributed by atoms with Crippen molar-refractivity contribution in [3.8, 4) is 0 Å². The van der Waals surface area contributed by atoms with Crippen LogP contribution in [0, 0.1) is 17.8 Å². The van der Waals surface area contributed by atoms with Gasteiger partial charge in [-0.3, -0.25) is 0 Å². The Bertz CT molecular complexity index is 132. The SMILES string of the molecule is CCC(CN)C(C)C(C)OCC(C)C. The number of hydrogen-bond donors (Lipinski definition) is 1. The van der Waals surface area contributed by atoms with Crippen molar-refractivity contribution in [3.63, 3.8) is 0 Å². The summed E-state index contributed by atoms with van der Waals surface area (Å²) in [6.07, 6.45) is 1.47. The fraction of sp³-hybridized carbons (Fsp3) is 1.00. The van der Waals surface area contributed by atoms with Crippen molar-refractivity contribution in [2.75, 3.05) is 13.2 Å². The van der Waals surface area contributed by atoms with Gasteiger partial charge in [-0.15, -0.1) is 0 Å². The first kappa shape index (κ1) is 13.9. The van der Waals surface area contributed by atoms with E-state index in [1.54, 1.807) is 0 Å². The van der Waals surface area contributed by atoms with E-state index in [1.165, 1.54) is 0 Å². The van der Waals surface area contributed by atoms with Gasteiger partial charge in [-0.25, -0.2) is 0 Å². The Balaban J connectivity index is 3.90. The van der Waals surface area contributed by atoms with Crippen LogP contribution in [0.1, 0.15) is 41.0 Å². The molecule has 3 atom stereocenters. The van der Waals surface area contributed by atoms with E-state index in [9.17, 15) is 0 Å². The highest BCUT2D eigenvalue weighted by molar-refractivity contribution is 4.71. The van der Waals surface area contributed by atoms with Gasteiger partial charge in [0, 0.05) is 6.61 Å². The van der Waals surface area contributed by atoms with Crippen LogP contribution in [0.4, 0.5) is 0 Å². The quantitative estimate of drug-likeness (QED) is 0.687. The summed E-state index contributed by atoms with van der Waals surface area (Å²) < 4.78 is 5.79. The molecule has 0 radical (unpaired) electrons. The van der Waals surface area contributed by atoms with E-state index in [2.05, 4.69) is 34.6 Å². The summed E-state index contributed by atoms with van der Waals surface area (Å²) in [4.78, 5) is 0. The van der Waals surface area contributed by atoms with Crippen LogP contribution in [0.2, 0.25) is 0 Å². The number of ether oxygens (including phenoxy) is 1. The Morgan fingerprint density at radius 2 is 1.71 bits per heavy atom. The van der Waals surface area contributed by atoms with Gasteiger partial charge in [0.15, 0.2) is 0 Å². The minimum absolute atomic E-state index is 0.325. The van der Waals surface area contributed by atoms with Crippen LogP contribution in [0.5, 0.6) is 0 Å². The molecule has 0 aromatic rings. The van der Waals surface area contributed by atoms with E-state index in [-0.39, 0.29) is 0 Å². The lowest BCUT2D eigenvalue weighted by molar-refractivity contribution is -0.00133. The van der Waals surface area contributed by atoms with Crippen LogP contribution in [0.3, 0.4) is 0 Å². The molecule has 0 saturated carbocycles. The molecule has 0 heterocycles. The van der Waals surface area contributed by atoms with E-state index >= 15 is 0 Å². The molecule has 0 aliphatic heterocycles. The molecule has 3 unspecified atom stereocenters. The highest BCUT2D eigenvalue weighted by atomic mass is 16.5. The summed E-state index contributed by atoms with van der Waals surface area (Å²) in [6.45, 7) is 12.6. The van der Waals surface area contributed by atoms with Gasteiger partial charge in [-0.1, -0.05) is 34.1 Å². The molecule has 0 aliphatic carbocycles. The van der Waals surface area contributed by atoms with Gasteiger partial charge in [0.1, 0.15) is 0 Å². The fourth-order valence-electron chi connectivity index (χ4n) is 1.63. The largest absolute Gasteiger partial charge is 0.378 e. The molecule has 0 aliphatic rings. The lowest BCUT2D eigenvalue weighted by atomic mass is 9.88. The first-order valence-corrected chi connectivity index (χ1v) is 5.84. The Labute approximate surface area is 89.2 Å². The summed E-state index contributed by atoms with van der Waals surface area (Å²) in [7, 11) is 0. The lowest BCUT2D eigenvalue weighted by Gasteiger charge is -2.27. The third-order valence-corrected chi connectivity index (χ3v) is 3.00. The monoisotopic (exact) mass is 201 g/mol. The van der Waals surface area contributed by atoms with Crippen LogP contribution < -0.4 is 5.73 Å². The molecule has 0 bridgehead atoms. The van der Waals surface area contributed by atoms with Crippen molar-refractivity contribution in [1.82, 2.24) is 0 Å². The topological polar surface area (TPSA) is 35.2 Å². The Hall–Kier alpha value is -0.0800. The molecular weight excluding hydrogens is 174 g/mol. The average molecular weight is 201 g/mol. The molecule has 0 rings (SSSR count). The Morgan fingerprint density at radius 3 is 2.07 bits per heavy atom. The maximum atomic E-state index is 5.79. The van der Waals surface area contributed by atoms with Crippen LogP contribution in [0.15, 0.2) is 0 Å². The van der Waals surface area contributed by atoms with Crippen LogP contribution in [-0.2, 0) is 4.74 Å². The van der Waals surface area contributed by atoms with Gasteiger partial charge in [-0.2, -0.15) is 0 Å². The van der Waals surface area contributed by atoms with Gasteiger partial charge >= 0.3 is 0 Å². The first-order chi connectivity index (χ1) is 6.52. The second kappa shape index (κ2) is 7.24. The average Bonchev–Trinajstić information content (AvgIpc) is 2.15. The van der Waals surface area contributed by atoms with Crippen LogP contribution in [0.25, 0.3) is 0 Å². The van der Waals surface area contributed by atoms with E-state index in [1.807, 2.05) is 0 Å². The third kappa shape index (κ3) is 4.97. The fourth-order valence-corrected chi connectivity index (χ4v) is 1.63. The molecule has 0 aromatic carbocycles.